The quantitative estimate of drug-likeness (QED) is 0.571. The molecule has 1 heterocycles. The summed E-state index contributed by atoms with van der Waals surface area (Å²) in [5, 5.41) is 8.58. The number of methoxy groups -OCH3 is 1. The van der Waals surface area contributed by atoms with Gasteiger partial charge >= 0.3 is 0 Å². The van der Waals surface area contributed by atoms with Crippen molar-refractivity contribution in [3.05, 3.63) is 21.9 Å². The predicted octanol–water partition coefficient (Wildman–Crippen LogP) is 1.27. The molecule has 1 N–H and O–H groups in total. The van der Waals surface area contributed by atoms with E-state index in [4.69, 9.17) is 19.3 Å². The first-order chi connectivity index (χ1) is 8.86. The van der Waals surface area contributed by atoms with E-state index < -0.39 is 0 Å². The zero-order chi connectivity index (χ0) is 13.1. The molecule has 0 unspecified atom stereocenters. The first-order valence-electron chi connectivity index (χ1n) is 5.69. The van der Waals surface area contributed by atoms with Crippen LogP contribution in [0.3, 0.4) is 0 Å². The molecule has 0 aliphatic carbocycles. The van der Waals surface area contributed by atoms with Crippen LogP contribution in [0.5, 0.6) is 0 Å². The first-order valence-corrected chi connectivity index (χ1v) is 6.51. The molecule has 0 atom stereocenters. The Kier molecular flexibility index (Phi) is 8.47. The lowest BCUT2D eigenvalue weighted by molar-refractivity contribution is 0.0205. The standard InChI is InChI=1S/C13H18O4S/c1-15-7-8-16-9-10-17-11-13-5-4-12(18-13)3-2-6-14/h4-5,14H,6-11H2,1H3. The molecule has 0 fully saturated rings. The van der Waals surface area contributed by atoms with Gasteiger partial charge in [-0.3, -0.25) is 0 Å². The average Bonchev–Trinajstić information content (AvgIpc) is 2.83. The van der Waals surface area contributed by atoms with Gasteiger partial charge in [-0.1, -0.05) is 11.8 Å². The molecule has 0 amide bonds. The SMILES string of the molecule is COCCOCCOCc1ccc(C#CCO)s1. The topological polar surface area (TPSA) is 47.9 Å². The van der Waals surface area contributed by atoms with Gasteiger partial charge in [-0.15, -0.1) is 11.3 Å². The molecule has 0 bridgehead atoms. The fourth-order valence-corrected chi connectivity index (χ4v) is 2.00. The van der Waals surface area contributed by atoms with E-state index in [9.17, 15) is 0 Å². The molecule has 100 valence electrons. The highest BCUT2D eigenvalue weighted by Gasteiger charge is 1.98. The fourth-order valence-electron chi connectivity index (χ4n) is 1.18. The van der Waals surface area contributed by atoms with Gasteiger partial charge in [0.25, 0.3) is 0 Å². The molecule has 0 saturated heterocycles. The van der Waals surface area contributed by atoms with Crippen molar-refractivity contribution in [3.8, 4) is 11.8 Å². The molecule has 1 aromatic heterocycles. The largest absolute Gasteiger partial charge is 0.384 e. The van der Waals surface area contributed by atoms with Crippen molar-refractivity contribution in [2.24, 2.45) is 0 Å². The maximum absolute atomic E-state index is 8.58. The predicted molar refractivity (Wildman–Crippen MR) is 70.6 cm³/mol. The Bertz CT molecular complexity index is 378. The van der Waals surface area contributed by atoms with Gasteiger partial charge in [-0.2, -0.15) is 0 Å². The lowest BCUT2D eigenvalue weighted by atomic mass is 10.4. The zero-order valence-electron chi connectivity index (χ0n) is 10.5. The summed E-state index contributed by atoms with van der Waals surface area (Å²) in [6.45, 7) is 2.81. The second-order valence-corrected chi connectivity index (χ2v) is 4.55. The van der Waals surface area contributed by atoms with Gasteiger partial charge in [-0.25, -0.2) is 0 Å². The third kappa shape index (κ3) is 6.74. The van der Waals surface area contributed by atoms with Crippen LogP contribution in [0.15, 0.2) is 12.1 Å². The van der Waals surface area contributed by atoms with E-state index in [1.807, 2.05) is 12.1 Å². The van der Waals surface area contributed by atoms with Gasteiger partial charge in [-0.05, 0) is 12.1 Å². The summed E-state index contributed by atoms with van der Waals surface area (Å²) >= 11 is 1.57. The van der Waals surface area contributed by atoms with Crippen molar-refractivity contribution < 1.29 is 19.3 Å². The Morgan fingerprint density at radius 3 is 2.72 bits per heavy atom. The molecule has 1 aromatic rings. The number of ether oxygens (including phenoxy) is 3. The number of hydrogen-bond donors (Lipinski definition) is 1. The molecule has 4 nitrogen and oxygen atoms in total. The van der Waals surface area contributed by atoms with Crippen LogP contribution in [-0.2, 0) is 20.8 Å². The molecular formula is C13H18O4S. The first kappa shape index (κ1) is 15.2. The lowest BCUT2D eigenvalue weighted by Crippen LogP contribution is -2.07. The number of aliphatic hydroxyl groups excluding tert-OH is 1. The van der Waals surface area contributed by atoms with Crippen molar-refractivity contribution in [1.29, 1.82) is 0 Å². The fraction of sp³-hybridized carbons (Fsp3) is 0.538. The molecule has 0 radical (unpaired) electrons. The second kappa shape index (κ2) is 10.1. The molecule has 0 aliphatic rings. The van der Waals surface area contributed by atoms with Crippen LogP contribution in [0.4, 0.5) is 0 Å². The van der Waals surface area contributed by atoms with Crippen LogP contribution >= 0.6 is 11.3 Å². The van der Waals surface area contributed by atoms with Crippen LogP contribution < -0.4 is 0 Å². The van der Waals surface area contributed by atoms with E-state index in [0.717, 1.165) is 9.75 Å². The van der Waals surface area contributed by atoms with Crippen molar-refractivity contribution in [2.45, 2.75) is 6.61 Å². The van der Waals surface area contributed by atoms with Gasteiger partial charge in [0, 0.05) is 12.0 Å². The average molecular weight is 270 g/mol. The smallest absolute Gasteiger partial charge is 0.104 e. The third-order valence-corrected chi connectivity index (χ3v) is 2.97. The van der Waals surface area contributed by atoms with E-state index in [-0.39, 0.29) is 6.61 Å². The molecule has 0 aliphatic heterocycles. The minimum Gasteiger partial charge on any atom is -0.384 e. The summed E-state index contributed by atoms with van der Waals surface area (Å²) < 4.78 is 15.6. The van der Waals surface area contributed by atoms with Crippen LogP contribution in [0.25, 0.3) is 0 Å². The lowest BCUT2D eigenvalue weighted by Gasteiger charge is -2.04. The monoisotopic (exact) mass is 270 g/mol. The molecular weight excluding hydrogens is 252 g/mol. The summed E-state index contributed by atoms with van der Waals surface area (Å²) in [4.78, 5) is 2.06. The van der Waals surface area contributed by atoms with Gasteiger partial charge in [0.05, 0.1) is 37.9 Å². The Balaban J connectivity index is 2.10. The highest BCUT2D eigenvalue weighted by Crippen LogP contribution is 2.16. The Labute approximate surface area is 111 Å². The van der Waals surface area contributed by atoms with Gasteiger partial charge in [0.1, 0.15) is 6.61 Å². The highest BCUT2D eigenvalue weighted by atomic mass is 32.1. The summed E-state index contributed by atoms with van der Waals surface area (Å²) in [7, 11) is 1.65. The summed E-state index contributed by atoms with van der Waals surface area (Å²) in [6.07, 6.45) is 0. The number of thiophene rings is 1. The minimum atomic E-state index is -0.109. The third-order valence-electron chi connectivity index (χ3n) is 2.00. The van der Waals surface area contributed by atoms with E-state index >= 15 is 0 Å². The van der Waals surface area contributed by atoms with Gasteiger partial charge in [0.2, 0.25) is 0 Å². The summed E-state index contributed by atoms with van der Waals surface area (Å²) in [5.41, 5.74) is 0. The van der Waals surface area contributed by atoms with Crippen LogP contribution in [0.2, 0.25) is 0 Å². The Morgan fingerprint density at radius 2 is 1.94 bits per heavy atom. The molecule has 0 saturated carbocycles. The molecule has 0 aromatic carbocycles. The van der Waals surface area contributed by atoms with E-state index in [0.29, 0.717) is 33.0 Å². The highest BCUT2D eigenvalue weighted by molar-refractivity contribution is 7.12. The van der Waals surface area contributed by atoms with Crippen LogP contribution in [0, 0.1) is 11.8 Å². The number of rotatable bonds is 8. The maximum Gasteiger partial charge on any atom is 0.104 e. The number of aliphatic hydroxyl groups is 1. The van der Waals surface area contributed by atoms with Crippen LogP contribution in [-0.4, -0.2) is 45.3 Å². The van der Waals surface area contributed by atoms with Crippen molar-refractivity contribution in [2.75, 3.05) is 40.1 Å². The van der Waals surface area contributed by atoms with Gasteiger partial charge < -0.3 is 19.3 Å². The second-order valence-electron chi connectivity index (χ2n) is 3.38. The van der Waals surface area contributed by atoms with Crippen LogP contribution in [0.1, 0.15) is 9.75 Å². The summed E-state index contributed by atoms with van der Waals surface area (Å²) in [6, 6.07) is 3.92. The van der Waals surface area contributed by atoms with E-state index in [1.165, 1.54) is 0 Å². The van der Waals surface area contributed by atoms with Crippen molar-refractivity contribution in [1.82, 2.24) is 0 Å². The minimum absolute atomic E-state index is 0.109. The Hall–Kier alpha value is -0.900. The zero-order valence-corrected chi connectivity index (χ0v) is 11.3. The molecule has 5 heteroatoms. The van der Waals surface area contributed by atoms with Crippen molar-refractivity contribution in [3.63, 3.8) is 0 Å². The van der Waals surface area contributed by atoms with E-state index in [1.54, 1.807) is 18.4 Å². The Morgan fingerprint density at radius 1 is 1.17 bits per heavy atom. The van der Waals surface area contributed by atoms with E-state index in [2.05, 4.69) is 11.8 Å². The molecule has 0 spiro atoms. The van der Waals surface area contributed by atoms with Crippen molar-refractivity contribution >= 4 is 11.3 Å². The molecule has 1 rings (SSSR count). The normalized spacial score (nSPS) is 10.1. The maximum atomic E-state index is 8.58. The van der Waals surface area contributed by atoms with Gasteiger partial charge in [0.15, 0.2) is 0 Å². The number of hydrogen-bond acceptors (Lipinski definition) is 5. The molecule has 18 heavy (non-hydrogen) atoms. The summed E-state index contributed by atoms with van der Waals surface area (Å²) in [5.74, 6) is 5.48.